The lowest BCUT2D eigenvalue weighted by Gasteiger charge is -2.26. The van der Waals surface area contributed by atoms with Gasteiger partial charge in [-0.3, -0.25) is 0 Å². The van der Waals surface area contributed by atoms with E-state index in [2.05, 4.69) is 67.3 Å². The van der Waals surface area contributed by atoms with Crippen molar-refractivity contribution in [3.8, 4) is 17.3 Å². The molecule has 0 saturated carbocycles. The average Bonchev–Trinajstić information content (AvgIpc) is 3.24. The first-order valence-electron chi connectivity index (χ1n) is 9.34. The molecule has 0 saturated heterocycles. The predicted octanol–water partition coefficient (Wildman–Crippen LogP) is 5.69. The van der Waals surface area contributed by atoms with Crippen LogP contribution in [0.5, 0.6) is 11.6 Å². The van der Waals surface area contributed by atoms with Gasteiger partial charge in [-0.05, 0) is 42.3 Å². The Morgan fingerprint density at radius 1 is 0.857 bits per heavy atom. The van der Waals surface area contributed by atoms with Crippen LogP contribution in [0.2, 0.25) is 0 Å². The van der Waals surface area contributed by atoms with Gasteiger partial charge >= 0.3 is 0 Å². The van der Waals surface area contributed by atoms with Gasteiger partial charge in [-0.1, -0.05) is 55.8 Å². The summed E-state index contributed by atoms with van der Waals surface area (Å²) in [6, 6.07) is 22.6. The molecule has 0 spiro atoms. The van der Waals surface area contributed by atoms with E-state index in [-0.39, 0.29) is 5.41 Å². The highest BCUT2D eigenvalue weighted by Gasteiger charge is 2.22. The summed E-state index contributed by atoms with van der Waals surface area (Å²) in [5.74, 6) is 1.30. The SMILES string of the molecule is Cc1ccc(C(C)(C)c2ccc(Oc3cc(-n4cccn4)ccn3)cc2)cc1. The Labute approximate surface area is 165 Å². The summed E-state index contributed by atoms with van der Waals surface area (Å²) in [6.07, 6.45) is 5.36. The molecule has 4 aromatic rings. The largest absolute Gasteiger partial charge is 0.439 e. The van der Waals surface area contributed by atoms with Crippen molar-refractivity contribution < 1.29 is 4.74 Å². The van der Waals surface area contributed by atoms with Crippen molar-refractivity contribution in [3.05, 3.63) is 102 Å². The lowest BCUT2D eigenvalue weighted by atomic mass is 9.78. The van der Waals surface area contributed by atoms with Crippen LogP contribution in [0.1, 0.15) is 30.5 Å². The summed E-state index contributed by atoms with van der Waals surface area (Å²) < 4.78 is 7.73. The van der Waals surface area contributed by atoms with Crippen molar-refractivity contribution in [2.24, 2.45) is 0 Å². The molecular formula is C24H23N3O. The predicted molar refractivity (Wildman–Crippen MR) is 111 cm³/mol. The molecule has 0 amide bonds. The van der Waals surface area contributed by atoms with Crippen molar-refractivity contribution in [2.45, 2.75) is 26.2 Å². The molecule has 28 heavy (non-hydrogen) atoms. The van der Waals surface area contributed by atoms with E-state index in [0.29, 0.717) is 5.88 Å². The zero-order chi connectivity index (χ0) is 19.6. The lowest BCUT2D eigenvalue weighted by molar-refractivity contribution is 0.461. The fraction of sp³-hybridized carbons (Fsp3) is 0.167. The van der Waals surface area contributed by atoms with E-state index in [9.17, 15) is 0 Å². The molecule has 0 aliphatic rings. The molecule has 4 heteroatoms. The van der Waals surface area contributed by atoms with Crippen LogP contribution >= 0.6 is 0 Å². The molecule has 0 bridgehead atoms. The molecule has 140 valence electrons. The number of pyridine rings is 1. The number of benzene rings is 2. The van der Waals surface area contributed by atoms with Crippen molar-refractivity contribution in [1.82, 2.24) is 14.8 Å². The average molecular weight is 369 g/mol. The fourth-order valence-electron chi connectivity index (χ4n) is 3.22. The third kappa shape index (κ3) is 3.67. The highest BCUT2D eigenvalue weighted by Crippen LogP contribution is 2.33. The highest BCUT2D eigenvalue weighted by molar-refractivity contribution is 5.42. The van der Waals surface area contributed by atoms with Crippen LogP contribution in [0.4, 0.5) is 0 Å². The van der Waals surface area contributed by atoms with Crippen LogP contribution in [0.25, 0.3) is 5.69 Å². The Kier molecular flexibility index (Phi) is 4.70. The molecule has 0 aliphatic carbocycles. The second-order valence-electron chi connectivity index (χ2n) is 7.42. The van der Waals surface area contributed by atoms with Gasteiger partial charge in [0.2, 0.25) is 5.88 Å². The topological polar surface area (TPSA) is 39.9 Å². The number of hydrogen-bond donors (Lipinski definition) is 0. The Morgan fingerprint density at radius 3 is 2.18 bits per heavy atom. The molecule has 0 radical (unpaired) electrons. The summed E-state index contributed by atoms with van der Waals surface area (Å²) in [4.78, 5) is 4.31. The number of aromatic nitrogens is 3. The maximum Gasteiger partial charge on any atom is 0.221 e. The van der Waals surface area contributed by atoms with Gasteiger partial charge in [0.25, 0.3) is 0 Å². The molecule has 2 aromatic carbocycles. The van der Waals surface area contributed by atoms with Crippen molar-refractivity contribution >= 4 is 0 Å². The maximum absolute atomic E-state index is 5.95. The standard InChI is InChI=1S/C24H23N3O/c1-18-5-7-19(8-6-18)24(2,3)20-9-11-22(12-10-20)28-23-17-21(13-15-25-23)27-16-4-14-26-27/h4-17H,1-3H3. The summed E-state index contributed by atoms with van der Waals surface area (Å²) in [7, 11) is 0. The monoisotopic (exact) mass is 369 g/mol. The summed E-state index contributed by atoms with van der Waals surface area (Å²) in [6.45, 7) is 6.59. The molecule has 2 aromatic heterocycles. The molecule has 0 unspecified atom stereocenters. The van der Waals surface area contributed by atoms with Gasteiger partial charge in [0.05, 0.1) is 5.69 Å². The normalized spacial score (nSPS) is 11.4. The van der Waals surface area contributed by atoms with E-state index in [1.807, 2.05) is 36.5 Å². The van der Waals surface area contributed by atoms with Gasteiger partial charge in [0.1, 0.15) is 5.75 Å². The van der Waals surface area contributed by atoms with Crippen molar-refractivity contribution in [1.29, 1.82) is 0 Å². The minimum atomic E-state index is -0.0789. The molecule has 4 nitrogen and oxygen atoms in total. The summed E-state index contributed by atoms with van der Waals surface area (Å²) >= 11 is 0. The number of nitrogens with zero attached hydrogens (tertiary/aromatic N) is 3. The molecule has 0 fully saturated rings. The zero-order valence-corrected chi connectivity index (χ0v) is 16.3. The number of rotatable bonds is 5. The number of hydrogen-bond acceptors (Lipinski definition) is 3. The van der Waals surface area contributed by atoms with Gasteiger partial charge in [-0.2, -0.15) is 5.10 Å². The van der Waals surface area contributed by atoms with E-state index in [1.54, 1.807) is 17.1 Å². The maximum atomic E-state index is 5.95. The highest BCUT2D eigenvalue weighted by atomic mass is 16.5. The quantitative estimate of drug-likeness (QED) is 0.453. The fourth-order valence-corrected chi connectivity index (χ4v) is 3.22. The van der Waals surface area contributed by atoms with Crippen LogP contribution in [-0.4, -0.2) is 14.8 Å². The first-order valence-corrected chi connectivity index (χ1v) is 9.34. The van der Waals surface area contributed by atoms with Crippen LogP contribution in [0, 0.1) is 6.92 Å². The second kappa shape index (κ2) is 7.31. The van der Waals surface area contributed by atoms with E-state index < -0.39 is 0 Å². The van der Waals surface area contributed by atoms with Crippen molar-refractivity contribution in [3.63, 3.8) is 0 Å². The Hall–Kier alpha value is -3.40. The third-order valence-corrected chi connectivity index (χ3v) is 5.06. The minimum Gasteiger partial charge on any atom is -0.439 e. The Morgan fingerprint density at radius 2 is 1.54 bits per heavy atom. The lowest BCUT2D eigenvalue weighted by Crippen LogP contribution is -2.18. The van der Waals surface area contributed by atoms with Crippen LogP contribution < -0.4 is 4.74 Å². The molecule has 0 atom stereocenters. The smallest absolute Gasteiger partial charge is 0.221 e. The van der Waals surface area contributed by atoms with Gasteiger partial charge in [-0.15, -0.1) is 0 Å². The Balaban J connectivity index is 1.54. The minimum absolute atomic E-state index is 0.0789. The van der Waals surface area contributed by atoms with E-state index in [1.165, 1.54) is 16.7 Å². The number of aryl methyl sites for hydroxylation is 1. The second-order valence-corrected chi connectivity index (χ2v) is 7.42. The molecule has 0 aliphatic heterocycles. The van der Waals surface area contributed by atoms with Crippen LogP contribution in [0.3, 0.4) is 0 Å². The van der Waals surface area contributed by atoms with Gasteiger partial charge < -0.3 is 4.74 Å². The van der Waals surface area contributed by atoms with Crippen LogP contribution in [0.15, 0.2) is 85.3 Å². The van der Waals surface area contributed by atoms with Gasteiger partial charge in [0.15, 0.2) is 0 Å². The summed E-state index contributed by atoms with van der Waals surface area (Å²) in [5, 5.41) is 4.24. The Bertz CT molecular complexity index is 1050. The molecule has 4 rings (SSSR count). The molecular weight excluding hydrogens is 346 g/mol. The van der Waals surface area contributed by atoms with E-state index in [4.69, 9.17) is 4.74 Å². The van der Waals surface area contributed by atoms with E-state index >= 15 is 0 Å². The van der Waals surface area contributed by atoms with Crippen molar-refractivity contribution in [2.75, 3.05) is 0 Å². The number of ether oxygens (including phenoxy) is 1. The van der Waals surface area contributed by atoms with Gasteiger partial charge in [-0.25, -0.2) is 9.67 Å². The first kappa shape index (κ1) is 18.0. The summed E-state index contributed by atoms with van der Waals surface area (Å²) in [5.41, 5.74) is 4.63. The van der Waals surface area contributed by atoms with E-state index in [0.717, 1.165) is 11.4 Å². The molecule has 2 heterocycles. The third-order valence-electron chi connectivity index (χ3n) is 5.06. The first-order chi connectivity index (χ1) is 13.5. The van der Waals surface area contributed by atoms with Gasteiger partial charge in [0, 0.05) is 30.1 Å². The molecule has 0 N–H and O–H groups in total. The van der Waals surface area contributed by atoms with Crippen LogP contribution in [-0.2, 0) is 5.41 Å². The zero-order valence-electron chi connectivity index (χ0n) is 16.3.